The van der Waals surface area contributed by atoms with Crippen molar-refractivity contribution in [2.24, 2.45) is 40.4 Å². The minimum absolute atomic E-state index is 0.0438. The lowest BCUT2D eigenvalue weighted by Crippen LogP contribution is -2.71. The third kappa shape index (κ3) is 7.19. The molecule has 9 N–H and O–H groups in total. The van der Waals surface area contributed by atoms with E-state index in [1.807, 2.05) is 13.8 Å². The van der Waals surface area contributed by atoms with E-state index in [0.29, 0.717) is 25.7 Å². The van der Waals surface area contributed by atoms with E-state index in [1.165, 1.54) is 7.11 Å². The highest BCUT2D eigenvalue weighted by Crippen LogP contribution is 2.70. The summed E-state index contributed by atoms with van der Waals surface area (Å²) in [7, 11) is 1.39. The van der Waals surface area contributed by atoms with E-state index in [4.69, 9.17) is 23.7 Å². The fourth-order valence-electron chi connectivity index (χ4n) is 12.1. The van der Waals surface area contributed by atoms with E-state index < -0.39 is 103 Å². The Labute approximate surface area is 313 Å². The van der Waals surface area contributed by atoms with Gasteiger partial charge >= 0.3 is 0 Å². The predicted molar refractivity (Wildman–Crippen MR) is 189 cm³/mol. The van der Waals surface area contributed by atoms with E-state index in [1.54, 1.807) is 0 Å². The van der Waals surface area contributed by atoms with Crippen LogP contribution in [0.25, 0.3) is 0 Å². The van der Waals surface area contributed by atoms with Gasteiger partial charge in [0, 0.05) is 25.4 Å². The third-order valence-corrected chi connectivity index (χ3v) is 15.1. The fraction of sp³-hybridized carbons (Fsp3) is 0.949. The maximum absolute atomic E-state index is 12.8. The molecular formula is C39H66O14. The molecule has 6 aliphatic rings. The zero-order valence-electron chi connectivity index (χ0n) is 32.2. The first-order valence-electron chi connectivity index (χ1n) is 19.7. The highest BCUT2D eigenvalue weighted by Gasteiger charge is 2.72. The maximum atomic E-state index is 12.8. The Hall–Kier alpha value is -0.820. The number of hydrogen-bond donors (Lipinski definition) is 9. The van der Waals surface area contributed by atoms with E-state index in [2.05, 4.69) is 20.8 Å². The van der Waals surface area contributed by atoms with Crippen molar-refractivity contribution >= 4 is 0 Å². The summed E-state index contributed by atoms with van der Waals surface area (Å²) >= 11 is 0. The number of aliphatic hydroxyl groups is 9. The van der Waals surface area contributed by atoms with E-state index in [0.717, 1.165) is 30.4 Å². The highest BCUT2D eigenvalue weighted by atomic mass is 16.7. The molecule has 14 nitrogen and oxygen atoms in total. The van der Waals surface area contributed by atoms with Crippen molar-refractivity contribution < 1.29 is 69.6 Å². The molecule has 0 aromatic heterocycles. The molecule has 0 radical (unpaired) electrons. The second-order valence-electron chi connectivity index (χ2n) is 18.0. The second kappa shape index (κ2) is 15.8. The van der Waals surface area contributed by atoms with Crippen LogP contribution in [0.5, 0.6) is 0 Å². The molecule has 306 valence electrons. The monoisotopic (exact) mass is 758 g/mol. The first kappa shape index (κ1) is 41.8. The lowest BCUT2D eigenvalue weighted by atomic mass is 9.41. The van der Waals surface area contributed by atoms with Crippen LogP contribution < -0.4 is 0 Å². The molecule has 2 aliphatic heterocycles. The van der Waals surface area contributed by atoms with Gasteiger partial charge in [-0.1, -0.05) is 26.3 Å². The number of rotatable bonds is 11. The standard InChI is InChI=1S/C39H66O14/c1-18(20(3)16-50-35-32(47)31(46)26(15-40)53-35)7-8-19(2)21-13-22(41)34-37(21,4)12-10-27-38(5)11-9-25(30(45)28(38)23(42)14-39(27,34)48)52-36-33(49-6)29(44)24(43)17-51-36/h19,21-36,40-48H,7-17H2,1-6H3/b20-18-/t19-,21-,22+,23-,24?,25+,26?,27?,28?,29?,30+,31?,32?,33?,34?,35?,36?,37-,38-,39+/m1/s1. The average Bonchev–Trinajstić information content (AvgIpc) is 3.55. The van der Waals surface area contributed by atoms with Crippen molar-refractivity contribution in [1.82, 2.24) is 0 Å². The number of ether oxygens (including phenoxy) is 5. The minimum Gasteiger partial charge on any atom is -0.394 e. The smallest absolute Gasteiger partial charge is 0.187 e. The quantitative estimate of drug-likeness (QED) is 0.102. The van der Waals surface area contributed by atoms with Crippen molar-refractivity contribution in [3.63, 3.8) is 0 Å². The first-order valence-corrected chi connectivity index (χ1v) is 19.7. The normalized spacial score (nSPS) is 52.4. The van der Waals surface area contributed by atoms with E-state index in [-0.39, 0.29) is 42.8 Å². The SMILES string of the molecule is COC1C(O[C@H]2CC[C@@]3(C)C([C@H](O)C[C@]4(O)C3CC[C@@]3(C)C4[C@@H](O)C[C@@H]3[C@H](C)CC/C(C)=C(/C)COC3OC(CO)C(O)C3O)[C@H]2O)OCC(O)C1O. The summed E-state index contributed by atoms with van der Waals surface area (Å²) in [6, 6.07) is 0. The lowest BCUT2D eigenvalue weighted by Gasteiger charge is -2.66. The van der Waals surface area contributed by atoms with Gasteiger partial charge in [-0.3, -0.25) is 0 Å². The van der Waals surface area contributed by atoms with Crippen molar-refractivity contribution in [2.45, 2.75) is 165 Å². The molecule has 4 saturated carbocycles. The molecule has 0 bridgehead atoms. The van der Waals surface area contributed by atoms with Crippen molar-refractivity contribution in [3.8, 4) is 0 Å². The summed E-state index contributed by atoms with van der Waals surface area (Å²) in [6.07, 6.45) is -7.42. The Bertz CT molecular complexity index is 1300. The molecule has 2 saturated heterocycles. The van der Waals surface area contributed by atoms with Gasteiger partial charge in [0.1, 0.15) is 36.6 Å². The molecule has 0 aromatic rings. The molecule has 20 atom stereocenters. The molecule has 53 heavy (non-hydrogen) atoms. The van der Waals surface area contributed by atoms with Gasteiger partial charge < -0.3 is 69.6 Å². The molecule has 6 rings (SSSR count). The zero-order valence-corrected chi connectivity index (χ0v) is 32.2. The number of methoxy groups -OCH3 is 1. The van der Waals surface area contributed by atoms with Crippen LogP contribution in [0.1, 0.15) is 86.0 Å². The molecule has 2 heterocycles. The van der Waals surface area contributed by atoms with Gasteiger partial charge in [-0.25, -0.2) is 0 Å². The van der Waals surface area contributed by atoms with Crippen LogP contribution in [-0.4, -0.2) is 152 Å². The summed E-state index contributed by atoms with van der Waals surface area (Å²) in [5, 5.41) is 98.3. The summed E-state index contributed by atoms with van der Waals surface area (Å²) in [4.78, 5) is 0. The number of aliphatic hydroxyl groups excluding tert-OH is 8. The first-order chi connectivity index (χ1) is 24.9. The maximum Gasteiger partial charge on any atom is 0.187 e. The summed E-state index contributed by atoms with van der Waals surface area (Å²) in [6.45, 7) is 10.1. The van der Waals surface area contributed by atoms with Gasteiger partial charge in [-0.05, 0) is 93.0 Å². The van der Waals surface area contributed by atoms with Crippen molar-refractivity contribution in [2.75, 3.05) is 26.9 Å². The molecular weight excluding hydrogens is 692 g/mol. The van der Waals surface area contributed by atoms with Gasteiger partial charge in [-0.2, -0.15) is 0 Å². The van der Waals surface area contributed by atoms with E-state index >= 15 is 0 Å². The van der Waals surface area contributed by atoms with Gasteiger partial charge in [0.05, 0.1) is 49.8 Å². The van der Waals surface area contributed by atoms with Crippen molar-refractivity contribution in [3.05, 3.63) is 11.1 Å². The van der Waals surface area contributed by atoms with Gasteiger partial charge in [0.15, 0.2) is 12.6 Å². The Morgan fingerprint density at radius 3 is 2.21 bits per heavy atom. The Balaban J connectivity index is 1.11. The number of hydrogen-bond acceptors (Lipinski definition) is 14. The van der Waals surface area contributed by atoms with Crippen LogP contribution in [-0.2, 0) is 23.7 Å². The van der Waals surface area contributed by atoms with Gasteiger partial charge in [0.25, 0.3) is 0 Å². The summed E-state index contributed by atoms with van der Waals surface area (Å²) in [5.41, 5.74) is -0.187. The van der Waals surface area contributed by atoms with Crippen LogP contribution in [0.15, 0.2) is 11.1 Å². The Morgan fingerprint density at radius 2 is 1.55 bits per heavy atom. The largest absolute Gasteiger partial charge is 0.394 e. The number of fused-ring (bicyclic) bond motifs is 5. The Morgan fingerprint density at radius 1 is 0.849 bits per heavy atom. The van der Waals surface area contributed by atoms with Crippen LogP contribution in [0.3, 0.4) is 0 Å². The third-order valence-electron chi connectivity index (χ3n) is 15.1. The van der Waals surface area contributed by atoms with Crippen LogP contribution in [0.4, 0.5) is 0 Å². The summed E-state index contributed by atoms with van der Waals surface area (Å²) in [5.74, 6) is -0.900. The van der Waals surface area contributed by atoms with Crippen LogP contribution in [0.2, 0.25) is 0 Å². The Kier molecular flexibility index (Phi) is 12.5. The van der Waals surface area contributed by atoms with Gasteiger partial charge in [-0.15, -0.1) is 0 Å². The van der Waals surface area contributed by atoms with Crippen molar-refractivity contribution in [1.29, 1.82) is 0 Å². The molecule has 6 fully saturated rings. The molecule has 0 spiro atoms. The molecule has 4 aliphatic carbocycles. The van der Waals surface area contributed by atoms with Gasteiger partial charge in [0.2, 0.25) is 0 Å². The van der Waals surface area contributed by atoms with E-state index in [9.17, 15) is 46.0 Å². The second-order valence-corrected chi connectivity index (χ2v) is 18.0. The summed E-state index contributed by atoms with van der Waals surface area (Å²) < 4.78 is 28.4. The molecule has 11 unspecified atom stereocenters. The predicted octanol–water partition coefficient (Wildman–Crippen LogP) is 0.359. The minimum atomic E-state index is -1.33. The van der Waals surface area contributed by atoms with Crippen LogP contribution in [0, 0.1) is 40.4 Å². The lowest BCUT2D eigenvalue weighted by molar-refractivity contribution is -0.320. The molecule has 0 amide bonds. The number of allylic oxidation sites excluding steroid dienone is 1. The zero-order chi connectivity index (χ0) is 38.8. The van der Waals surface area contributed by atoms with Crippen LogP contribution >= 0.6 is 0 Å². The topological polar surface area (TPSA) is 228 Å². The fourth-order valence-corrected chi connectivity index (χ4v) is 12.1. The molecule has 14 heteroatoms. The average molecular weight is 759 g/mol. The highest BCUT2D eigenvalue weighted by molar-refractivity contribution is 5.21. The molecule has 0 aromatic carbocycles.